The van der Waals surface area contributed by atoms with Crippen LogP contribution in [-0.4, -0.2) is 14.9 Å². The SMILES string of the molecule is Cc1cc([N+](=O)[O-])c(C)cc1OCc1cnc(Cl)cn1. The van der Waals surface area contributed by atoms with Gasteiger partial charge in [0.05, 0.1) is 23.0 Å². The molecular weight excluding hydrogens is 282 g/mol. The monoisotopic (exact) mass is 293 g/mol. The summed E-state index contributed by atoms with van der Waals surface area (Å²) in [7, 11) is 0. The van der Waals surface area contributed by atoms with E-state index in [4.69, 9.17) is 16.3 Å². The van der Waals surface area contributed by atoms with Gasteiger partial charge in [-0.15, -0.1) is 0 Å². The van der Waals surface area contributed by atoms with E-state index >= 15 is 0 Å². The van der Waals surface area contributed by atoms with E-state index in [-0.39, 0.29) is 12.3 Å². The van der Waals surface area contributed by atoms with E-state index in [0.29, 0.717) is 27.7 Å². The van der Waals surface area contributed by atoms with Crippen LogP contribution in [0.2, 0.25) is 5.15 Å². The van der Waals surface area contributed by atoms with Crippen molar-refractivity contribution in [2.75, 3.05) is 0 Å². The molecule has 0 amide bonds. The molecule has 1 heterocycles. The Labute approximate surface area is 120 Å². The highest BCUT2D eigenvalue weighted by atomic mass is 35.5. The summed E-state index contributed by atoms with van der Waals surface area (Å²) >= 11 is 5.64. The maximum Gasteiger partial charge on any atom is 0.272 e. The third kappa shape index (κ3) is 3.21. The van der Waals surface area contributed by atoms with Crippen molar-refractivity contribution in [1.82, 2.24) is 9.97 Å². The summed E-state index contributed by atoms with van der Waals surface area (Å²) < 4.78 is 5.61. The van der Waals surface area contributed by atoms with Gasteiger partial charge in [-0.2, -0.15) is 0 Å². The van der Waals surface area contributed by atoms with Gasteiger partial charge >= 0.3 is 0 Å². The van der Waals surface area contributed by atoms with E-state index in [2.05, 4.69) is 9.97 Å². The zero-order chi connectivity index (χ0) is 14.7. The van der Waals surface area contributed by atoms with Crippen LogP contribution in [-0.2, 0) is 6.61 Å². The highest BCUT2D eigenvalue weighted by Crippen LogP contribution is 2.28. The third-order valence-electron chi connectivity index (χ3n) is 2.74. The molecule has 0 bridgehead atoms. The zero-order valence-electron chi connectivity index (χ0n) is 11.0. The van der Waals surface area contributed by atoms with Gasteiger partial charge < -0.3 is 4.74 Å². The number of halogens is 1. The van der Waals surface area contributed by atoms with Crippen LogP contribution in [0, 0.1) is 24.0 Å². The van der Waals surface area contributed by atoms with Crippen molar-refractivity contribution in [3.63, 3.8) is 0 Å². The normalized spacial score (nSPS) is 10.3. The molecule has 104 valence electrons. The molecule has 0 aliphatic carbocycles. The lowest BCUT2D eigenvalue weighted by Crippen LogP contribution is -2.01. The van der Waals surface area contributed by atoms with E-state index in [1.807, 2.05) is 0 Å². The van der Waals surface area contributed by atoms with E-state index in [1.54, 1.807) is 19.9 Å². The van der Waals surface area contributed by atoms with Crippen LogP contribution in [0.15, 0.2) is 24.5 Å². The molecule has 0 radical (unpaired) electrons. The van der Waals surface area contributed by atoms with Crippen LogP contribution in [0.25, 0.3) is 0 Å². The Kier molecular flexibility index (Phi) is 4.14. The first-order valence-electron chi connectivity index (χ1n) is 5.82. The number of ether oxygens (including phenoxy) is 1. The van der Waals surface area contributed by atoms with Crippen molar-refractivity contribution >= 4 is 17.3 Å². The maximum absolute atomic E-state index is 10.8. The average molecular weight is 294 g/mol. The number of hydrogen-bond acceptors (Lipinski definition) is 5. The van der Waals surface area contributed by atoms with Crippen molar-refractivity contribution in [3.05, 3.63) is 56.6 Å². The highest BCUT2D eigenvalue weighted by Gasteiger charge is 2.14. The standard InChI is InChI=1S/C13H12ClN3O3/c1-8-4-12(9(2)3-11(8)17(18)19)20-7-10-5-16-13(14)6-15-10/h3-6H,7H2,1-2H3. The van der Waals surface area contributed by atoms with Gasteiger partial charge in [0.2, 0.25) is 0 Å². The first kappa shape index (κ1) is 14.2. The van der Waals surface area contributed by atoms with Crippen molar-refractivity contribution in [3.8, 4) is 5.75 Å². The predicted molar refractivity (Wildman–Crippen MR) is 73.9 cm³/mol. The van der Waals surface area contributed by atoms with E-state index in [0.717, 1.165) is 0 Å². The number of aryl methyl sites for hydroxylation is 2. The van der Waals surface area contributed by atoms with Crippen molar-refractivity contribution in [2.24, 2.45) is 0 Å². The van der Waals surface area contributed by atoms with Crippen molar-refractivity contribution in [2.45, 2.75) is 20.5 Å². The number of aromatic nitrogens is 2. The number of benzene rings is 1. The second kappa shape index (κ2) is 5.83. The predicted octanol–water partition coefficient (Wildman–Crippen LogP) is 3.23. The molecule has 1 aromatic carbocycles. The summed E-state index contributed by atoms with van der Waals surface area (Å²) in [5.74, 6) is 0.588. The summed E-state index contributed by atoms with van der Waals surface area (Å²) in [5, 5.41) is 11.1. The smallest absolute Gasteiger partial charge is 0.272 e. The summed E-state index contributed by atoms with van der Waals surface area (Å²) in [6.07, 6.45) is 2.96. The Morgan fingerprint density at radius 3 is 2.60 bits per heavy atom. The molecule has 2 aromatic rings. The van der Waals surface area contributed by atoms with Gasteiger partial charge in [0, 0.05) is 11.6 Å². The van der Waals surface area contributed by atoms with Gasteiger partial charge in [-0.1, -0.05) is 11.6 Å². The van der Waals surface area contributed by atoms with Crippen LogP contribution in [0.4, 0.5) is 5.69 Å². The molecule has 0 atom stereocenters. The molecule has 0 N–H and O–H groups in total. The third-order valence-corrected chi connectivity index (χ3v) is 2.93. The molecule has 0 saturated heterocycles. The molecular formula is C13H12ClN3O3. The summed E-state index contributed by atoms with van der Waals surface area (Å²) in [4.78, 5) is 18.4. The Balaban J connectivity index is 2.16. The minimum absolute atomic E-state index is 0.0844. The molecule has 6 nitrogen and oxygen atoms in total. The molecule has 7 heteroatoms. The topological polar surface area (TPSA) is 78.2 Å². The lowest BCUT2D eigenvalue weighted by atomic mass is 10.1. The molecule has 0 saturated carbocycles. The summed E-state index contributed by atoms with van der Waals surface area (Å²) in [6.45, 7) is 3.66. The first-order valence-corrected chi connectivity index (χ1v) is 6.20. The number of nitro benzene ring substituents is 1. The number of rotatable bonds is 4. The molecule has 20 heavy (non-hydrogen) atoms. The van der Waals surface area contributed by atoms with Gasteiger partial charge in [0.15, 0.2) is 0 Å². The van der Waals surface area contributed by atoms with Gasteiger partial charge in [-0.3, -0.25) is 15.1 Å². The Hall–Kier alpha value is -2.21. The van der Waals surface area contributed by atoms with Gasteiger partial charge in [-0.05, 0) is 25.5 Å². The second-order valence-corrected chi connectivity index (χ2v) is 4.67. The molecule has 0 spiro atoms. The molecule has 2 rings (SSSR count). The summed E-state index contributed by atoms with van der Waals surface area (Å²) in [5.41, 5.74) is 1.97. The van der Waals surface area contributed by atoms with Gasteiger partial charge in [0.1, 0.15) is 17.5 Å². The molecule has 0 fully saturated rings. The lowest BCUT2D eigenvalue weighted by molar-refractivity contribution is -0.385. The van der Waals surface area contributed by atoms with Crippen LogP contribution in [0.5, 0.6) is 5.75 Å². The van der Waals surface area contributed by atoms with Crippen LogP contribution >= 0.6 is 11.6 Å². The van der Waals surface area contributed by atoms with Crippen LogP contribution in [0.3, 0.4) is 0 Å². The maximum atomic E-state index is 10.8. The van der Waals surface area contributed by atoms with E-state index in [9.17, 15) is 10.1 Å². The van der Waals surface area contributed by atoms with Gasteiger partial charge in [0.25, 0.3) is 5.69 Å². The van der Waals surface area contributed by atoms with Crippen molar-refractivity contribution < 1.29 is 9.66 Å². The lowest BCUT2D eigenvalue weighted by Gasteiger charge is -2.09. The fourth-order valence-electron chi connectivity index (χ4n) is 1.69. The van der Waals surface area contributed by atoms with Crippen molar-refractivity contribution in [1.29, 1.82) is 0 Å². The quantitative estimate of drug-likeness (QED) is 0.639. The van der Waals surface area contributed by atoms with Crippen LogP contribution in [0.1, 0.15) is 16.8 Å². The highest BCUT2D eigenvalue weighted by molar-refractivity contribution is 6.29. The minimum atomic E-state index is -0.406. The Morgan fingerprint density at radius 1 is 1.25 bits per heavy atom. The molecule has 0 unspecified atom stereocenters. The van der Waals surface area contributed by atoms with E-state index < -0.39 is 4.92 Å². The Bertz CT molecular complexity index is 644. The second-order valence-electron chi connectivity index (χ2n) is 4.28. The van der Waals surface area contributed by atoms with E-state index in [1.165, 1.54) is 18.5 Å². The molecule has 1 aromatic heterocycles. The average Bonchev–Trinajstić information content (AvgIpc) is 2.41. The summed E-state index contributed by atoms with van der Waals surface area (Å²) in [6, 6.07) is 3.15. The molecule has 0 aliphatic heterocycles. The number of hydrogen-bond donors (Lipinski definition) is 0. The fraction of sp³-hybridized carbons (Fsp3) is 0.231. The molecule has 0 aliphatic rings. The minimum Gasteiger partial charge on any atom is -0.487 e. The number of nitrogens with zero attached hydrogens (tertiary/aromatic N) is 3. The van der Waals surface area contributed by atoms with Crippen LogP contribution < -0.4 is 4.74 Å². The first-order chi connectivity index (χ1) is 9.47. The van der Waals surface area contributed by atoms with Gasteiger partial charge in [-0.25, -0.2) is 4.98 Å². The fourth-order valence-corrected chi connectivity index (χ4v) is 1.79. The number of nitro groups is 1. The largest absolute Gasteiger partial charge is 0.487 e. The zero-order valence-corrected chi connectivity index (χ0v) is 11.7. The Morgan fingerprint density at radius 2 is 2.00 bits per heavy atom.